The second kappa shape index (κ2) is 5.59. The first-order valence-electron chi connectivity index (χ1n) is 8.03. The number of nitrogens with zero attached hydrogens (tertiary/aromatic N) is 3. The zero-order valence-electron chi connectivity index (χ0n) is 12.4. The summed E-state index contributed by atoms with van der Waals surface area (Å²) in [7, 11) is 0. The van der Waals surface area contributed by atoms with Crippen LogP contribution in [0.15, 0.2) is 12.4 Å². The van der Waals surface area contributed by atoms with E-state index in [-0.39, 0.29) is 12.0 Å². The molecule has 1 spiro atoms. The van der Waals surface area contributed by atoms with Gasteiger partial charge in [-0.2, -0.15) is 5.10 Å². The maximum atomic E-state index is 5.78. The lowest BCUT2D eigenvalue weighted by atomic mass is 10.0. The minimum atomic E-state index is -0.307. The van der Waals surface area contributed by atoms with Crippen LogP contribution in [-0.2, 0) is 14.2 Å². The van der Waals surface area contributed by atoms with Gasteiger partial charge in [-0.3, -0.25) is 0 Å². The van der Waals surface area contributed by atoms with Crippen LogP contribution in [0.2, 0.25) is 0 Å². The Bertz CT molecular complexity index is 468. The van der Waals surface area contributed by atoms with Crippen LogP contribution in [0.1, 0.15) is 38.3 Å². The fraction of sp³-hybridized carbons (Fsp3) is 0.800. The molecule has 1 unspecified atom stereocenters. The van der Waals surface area contributed by atoms with Crippen LogP contribution in [0.25, 0.3) is 0 Å². The highest BCUT2D eigenvalue weighted by atomic mass is 16.7. The molecule has 3 aliphatic rings. The van der Waals surface area contributed by atoms with Gasteiger partial charge in [-0.25, -0.2) is 4.68 Å². The van der Waals surface area contributed by atoms with Gasteiger partial charge in [-0.05, 0) is 19.3 Å². The van der Waals surface area contributed by atoms with E-state index < -0.39 is 0 Å². The van der Waals surface area contributed by atoms with Crippen molar-refractivity contribution in [1.82, 2.24) is 9.78 Å². The normalized spacial score (nSPS) is 29.1. The van der Waals surface area contributed by atoms with Crippen LogP contribution in [-0.4, -0.2) is 48.5 Å². The first-order chi connectivity index (χ1) is 10.3. The summed E-state index contributed by atoms with van der Waals surface area (Å²) in [6, 6.07) is 0. The van der Waals surface area contributed by atoms with Gasteiger partial charge in [0.15, 0.2) is 5.79 Å². The molecular weight excluding hydrogens is 270 g/mol. The van der Waals surface area contributed by atoms with Gasteiger partial charge in [0.05, 0.1) is 31.3 Å². The maximum absolute atomic E-state index is 5.78. The molecule has 4 rings (SSSR count). The maximum Gasteiger partial charge on any atom is 0.171 e. The number of anilines is 1. The molecule has 0 saturated carbocycles. The Hall–Kier alpha value is -1.11. The highest BCUT2D eigenvalue weighted by molar-refractivity contribution is 5.43. The van der Waals surface area contributed by atoms with Gasteiger partial charge >= 0.3 is 0 Å². The minimum absolute atomic E-state index is 0.116. The van der Waals surface area contributed by atoms with Gasteiger partial charge in [-0.1, -0.05) is 0 Å². The third kappa shape index (κ3) is 2.67. The van der Waals surface area contributed by atoms with E-state index in [0.29, 0.717) is 0 Å². The molecule has 21 heavy (non-hydrogen) atoms. The zero-order chi connectivity index (χ0) is 14.1. The van der Waals surface area contributed by atoms with Gasteiger partial charge in [0.2, 0.25) is 0 Å². The number of rotatable bonds is 2. The quantitative estimate of drug-likeness (QED) is 0.834. The standard InChI is InChI=1S/C15H23N3O3/c1-2-8-19-14(3-1)18-12-13(11-16-18)17-6-4-15(5-7-17)20-9-10-21-15/h11-12,14H,1-10H2. The Morgan fingerprint density at radius 3 is 2.62 bits per heavy atom. The second-order valence-corrected chi connectivity index (χ2v) is 6.09. The van der Waals surface area contributed by atoms with Gasteiger partial charge in [-0.15, -0.1) is 0 Å². The summed E-state index contributed by atoms with van der Waals surface area (Å²) in [4.78, 5) is 2.36. The van der Waals surface area contributed by atoms with Gasteiger partial charge in [0.1, 0.15) is 6.23 Å². The van der Waals surface area contributed by atoms with Crippen molar-refractivity contribution in [3.8, 4) is 0 Å². The van der Waals surface area contributed by atoms with Gasteiger partial charge in [0.25, 0.3) is 0 Å². The summed E-state index contributed by atoms with van der Waals surface area (Å²) in [6.45, 7) is 4.23. The third-order valence-corrected chi connectivity index (χ3v) is 4.74. The summed E-state index contributed by atoms with van der Waals surface area (Å²) < 4.78 is 19.3. The van der Waals surface area contributed by atoms with Crippen LogP contribution >= 0.6 is 0 Å². The Labute approximate surface area is 125 Å². The van der Waals surface area contributed by atoms with E-state index in [1.165, 1.54) is 18.5 Å². The van der Waals surface area contributed by atoms with E-state index in [1.807, 2.05) is 10.9 Å². The molecule has 0 bridgehead atoms. The summed E-state index contributed by atoms with van der Waals surface area (Å²) in [5, 5.41) is 4.49. The van der Waals surface area contributed by atoms with E-state index in [0.717, 1.165) is 52.2 Å². The fourth-order valence-electron chi connectivity index (χ4n) is 3.47. The summed E-state index contributed by atoms with van der Waals surface area (Å²) >= 11 is 0. The molecule has 1 aromatic rings. The molecule has 6 nitrogen and oxygen atoms in total. The van der Waals surface area contributed by atoms with Crippen molar-refractivity contribution >= 4 is 5.69 Å². The Morgan fingerprint density at radius 1 is 1.10 bits per heavy atom. The number of aromatic nitrogens is 2. The largest absolute Gasteiger partial charge is 0.369 e. The molecule has 3 aliphatic heterocycles. The molecule has 4 heterocycles. The van der Waals surface area contributed by atoms with E-state index in [2.05, 4.69) is 16.2 Å². The average molecular weight is 293 g/mol. The molecule has 0 aromatic carbocycles. The van der Waals surface area contributed by atoms with E-state index in [4.69, 9.17) is 14.2 Å². The van der Waals surface area contributed by atoms with Gasteiger partial charge < -0.3 is 19.1 Å². The molecule has 3 fully saturated rings. The fourth-order valence-corrected chi connectivity index (χ4v) is 3.47. The molecule has 0 amide bonds. The highest BCUT2D eigenvalue weighted by Crippen LogP contribution is 2.33. The molecular formula is C15H23N3O3. The summed E-state index contributed by atoms with van der Waals surface area (Å²) in [5.41, 5.74) is 1.18. The summed E-state index contributed by atoms with van der Waals surface area (Å²) in [5.74, 6) is -0.307. The number of ether oxygens (including phenoxy) is 3. The van der Waals surface area contributed by atoms with Crippen molar-refractivity contribution in [1.29, 1.82) is 0 Å². The number of piperidine rings is 1. The van der Waals surface area contributed by atoms with Crippen LogP contribution in [0.5, 0.6) is 0 Å². The third-order valence-electron chi connectivity index (χ3n) is 4.74. The van der Waals surface area contributed by atoms with Crippen molar-refractivity contribution < 1.29 is 14.2 Å². The van der Waals surface area contributed by atoms with E-state index in [1.54, 1.807) is 0 Å². The smallest absolute Gasteiger partial charge is 0.171 e. The molecule has 0 N–H and O–H groups in total. The zero-order valence-corrected chi connectivity index (χ0v) is 12.4. The Kier molecular flexibility index (Phi) is 3.61. The van der Waals surface area contributed by atoms with Crippen LogP contribution in [0.4, 0.5) is 5.69 Å². The van der Waals surface area contributed by atoms with Crippen LogP contribution in [0.3, 0.4) is 0 Å². The van der Waals surface area contributed by atoms with E-state index >= 15 is 0 Å². The second-order valence-electron chi connectivity index (χ2n) is 6.09. The number of hydrogen-bond acceptors (Lipinski definition) is 5. The minimum Gasteiger partial charge on any atom is -0.369 e. The molecule has 1 aromatic heterocycles. The van der Waals surface area contributed by atoms with Crippen molar-refractivity contribution in [2.75, 3.05) is 37.8 Å². The van der Waals surface area contributed by atoms with Crippen LogP contribution in [0, 0.1) is 0 Å². The van der Waals surface area contributed by atoms with E-state index in [9.17, 15) is 0 Å². The topological polar surface area (TPSA) is 48.8 Å². The SMILES string of the molecule is c1nn(C2CCCCO2)cc1N1CCC2(CC1)OCCO2. The van der Waals surface area contributed by atoms with Crippen molar-refractivity contribution in [3.05, 3.63) is 12.4 Å². The lowest BCUT2D eigenvalue weighted by Crippen LogP contribution is -2.45. The molecule has 6 heteroatoms. The summed E-state index contributed by atoms with van der Waals surface area (Å²) in [6.07, 6.45) is 9.49. The lowest BCUT2D eigenvalue weighted by Gasteiger charge is -2.38. The number of hydrogen-bond donors (Lipinski definition) is 0. The molecule has 0 radical (unpaired) electrons. The first-order valence-corrected chi connectivity index (χ1v) is 8.03. The van der Waals surface area contributed by atoms with Crippen LogP contribution < -0.4 is 4.90 Å². The van der Waals surface area contributed by atoms with Gasteiger partial charge in [0, 0.05) is 32.5 Å². The monoisotopic (exact) mass is 293 g/mol. The first kappa shape index (κ1) is 13.5. The molecule has 116 valence electrons. The molecule has 1 atom stereocenters. The van der Waals surface area contributed by atoms with Crippen molar-refractivity contribution in [2.45, 2.75) is 44.1 Å². The molecule has 3 saturated heterocycles. The van der Waals surface area contributed by atoms with Crippen molar-refractivity contribution in [3.63, 3.8) is 0 Å². The highest BCUT2D eigenvalue weighted by Gasteiger charge is 2.40. The Balaban J connectivity index is 1.39. The average Bonchev–Trinajstić information content (AvgIpc) is 3.19. The molecule has 0 aliphatic carbocycles. The predicted molar refractivity (Wildman–Crippen MR) is 77.1 cm³/mol. The lowest BCUT2D eigenvalue weighted by molar-refractivity contribution is -0.169. The predicted octanol–water partition coefficient (Wildman–Crippen LogP) is 1.93. The van der Waals surface area contributed by atoms with Crippen molar-refractivity contribution in [2.24, 2.45) is 0 Å². The Morgan fingerprint density at radius 2 is 1.90 bits per heavy atom.